The second-order valence-electron chi connectivity index (χ2n) is 4.32. The average Bonchev–Trinajstić information content (AvgIpc) is 2.82. The lowest BCUT2D eigenvalue weighted by Gasteiger charge is -2.03. The van der Waals surface area contributed by atoms with Crippen LogP contribution in [0.3, 0.4) is 0 Å². The molecule has 3 nitrogen and oxygen atoms in total. The minimum atomic E-state index is 0.662. The highest BCUT2D eigenvalue weighted by atomic mass is 79.9. The first-order valence-electron chi connectivity index (χ1n) is 5.92. The average molecular weight is 315 g/mol. The van der Waals surface area contributed by atoms with Crippen LogP contribution in [0, 0.1) is 0 Å². The van der Waals surface area contributed by atoms with E-state index in [9.17, 15) is 4.79 Å². The Balaban J connectivity index is 2.04. The number of nitrogens with zero attached hydrogens (tertiary/aromatic N) is 2. The van der Waals surface area contributed by atoms with E-state index in [0.29, 0.717) is 5.56 Å². The predicted molar refractivity (Wildman–Crippen MR) is 77.5 cm³/mol. The number of hydrogen-bond acceptors (Lipinski definition) is 2. The zero-order valence-electron chi connectivity index (χ0n) is 10.1. The molecule has 0 spiro atoms. The van der Waals surface area contributed by atoms with E-state index in [0.717, 1.165) is 28.5 Å². The Bertz CT molecular complexity index is 749. The third-order valence-corrected chi connectivity index (χ3v) is 3.55. The van der Waals surface area contributed by atoms with Gasteiger partial charge in [-0.25, -0.2) is 4.98 Å². The number of halogens is 1. The van der Waals surface area contributed by atoms with E-state index in [-0.39, 0.29) is 0 Å². The smallest absolute Gasteiger partial charge is 0.152 e. The van der Waals surface area contributed by atoms with Gasteiger partial charge in [-0.15, -0.1) is 0 Å². The molecule has 0 saturated heterocycles. The van der Waals surface area contributed by atoms with Crippen LogP contribution < -0.4 is 0 Å². The number of carbonyl (C=O) groups is 1. The molecule has 0 amide bonds. The van der Waals surface area contributed by atoms with Gasteiger partial charge in [0.05, 0.1) is 11.7 Å². The molecular formula is C15H11BrN2O. The minimum Gasteiger partial charge on any atom is -0.303 e. The second-order valence-corrected chi connectivity index (χ2v) is 5.23. The fourth-order valence-corrected chi connectivity index (χ4v) is 2.60. The summed E-state index contributed by atoms with van der Waals surface area (Å²) in [6.45, 7) is 0. The standard InChI is InChI=1S/C15H11BrN2O/c16-13-5-1-3-11(7-13)8-15-17-9-14-12(10-19)4-2-6-18(14)15/h1-7,9-10H,8H2. The highest BCUT2D eigenvalue weighted by molar-refractivity contribution is 9.10. The molecule has 0 aliphatic carbocycles. The molecule has 3 aromatic rings. The summed E-state index contributed by atoms with van der Waals surface area (Å²) in [5, 5.41) is 0. The van der Waals surface area contributed by atoms with Gasteiger partial charge < -0.3 is 4.40 Å². The number of rotatable bonds is 3. The van der Waals surface area contributed by atoms with Gasteiger partial charge in [-0.3, -0.25) is 4.79 Å². The molecule has 94 valence electrons. The van der Waals surface area contributed by atoms with Gasteiger partial charge in [0.2, 0.25) is 0 Å². The summed E-state index contributed by atoms with van der Waals surface area (Å²) in [6.07, 6.45) is 5.27. The van der Waals surface area contributed by atoms with Crippen molar-refractivity contribution in [3.8, 4) is 0 Å². The summed E-state index contributed by atoms with van der Waals surface area (Å²) in [4.78, 5) is 15.4. The summed E-state index contributed by atoms with van der Waals surface area (Å²) in [5.41, 5.74) is 2.69. The van der Waals surface area contributed by atoms with Crippen molar-refractivity contribution in [1.82, 2.24) is 9.38 Å². The zero-order chi connectivity index (χ0) is 13.2. The van der Waals surface area contributed by atoms with Crippen molar-refractivity contribution in [2.45, 2.75) is 6.42 Å². The Morgan fingerprint density at radius 1 is 1.26 bits per heavy atom. The van der Waals surface area contributed by atoms with Crippen LogP contribution in [-0.2, 0) is 6.42 Å². The highest BCUT2D eigenvalue weighted by Crippen LogP contribution is 2.17. The molecule has 0 fully saturated rings. The molecule has 0 aliphatic heterocycles. The van der Waals surface area contributed by atoms with Crippen LogP contribution >= 0.6 is 15.9 Å². The number of pyridine rings is 1. The fourth-order valence-electron chi connectivity index (χ4n) is 2.16. The monoisotopic (exact) mass is 314 g/mol. The van der Waals surface area contributed by atoms with Crippen LogP contribution in [0.25, 0.3) is 5.52 Å². The molecule has 19 heavy (non-hydrogen) atoms. The number of carbonyl (C=O) groups excluding carboxylic acids is 1. The lowest BCUT2D eigenvalue weighted by molar-refractivity contribution is 0.112. The number of hydrogen-bond donors (Lipinski definition) is 0. The molecular weight excluding hydrogens is 304 g/mol. The molecule has 3 rings (SSSR count). The predicted octanol–water partition coefficient (Wildman–Crippen LogP) is 3.50. The Kier molecular flexibility index (Phi) is 3.17. The molecule has 0 radical (unpaired) electrons. The summed E-state index contributed by atoms with van der Waals surface area (Å²) in [7, 11) is 0. The Morgan fingerprint density at radius 3 is 2.95 bits per heavy atom. The van der Waals surface area contributed by atoms with Crippen LogP contribution in [0.5, 0.6) is 0 Å². The van der Waals surface area contributed by atoms with Gasteiger partial charge in [-0.05, 0) is 29.8 Å². The maximum Gasteiger partial charge on any atom is 0.152 e. The Morgan fingerprint density at radius 2 is 2.16 bits per heavy atom. The van der Waals surface area contributed by atoms with Crippen molar-refractivity contribution in [2.75, 3.05) is 0 Å². The molecule has 2 aromatic heterocycles. The Labute approximate surface area is 119 Å². The minimum absolute atomic E-state index is 0.662. The molecule has 0 saturated carbocycles. The largest absolute Gasteiger partial charge is 0.303 e. The lowest BCUT2D eigenvalue weighted by atomic mass is 10.1. The molecule has 2 heterocycles. The summed E-state index contributed by atoms with van der Waals surface area (Å²) in [5.74, 6) is 0.928. The maximum atomic E-state index is 11.0. The fraction of sp³-hybridized carbons (Fsp3) is 0.0667. The van der Waals surface area contributed by atoms with Crippen LogP contribution in [0.1, 0.15) is 21.7 Å². The summed E-state index contributed by atoms with van der Waals surface area (Å²) >= 11 is 3.47. The molecule has 0 aliphatic rings. The quantitative estimate of drug-likeness (QED) is 0.693. The molecule has 0 atom stereocenters. The molecule has 0 N–H and O–H groups in total. The van der Waals surface area contributed by atoms with E-state index in [1.807, 2.05) is 28.8 Å². The van der Waals surface area contributed by atoms with E-state index < -0.39 is 0 Å². The van der Waals surface area contributed by atoms with Gasteiger partial charge in [0, 0.05) is 22.7 Å². The van der Waals surface area contributed by atoms with Gasteiger partial charge in [0.25, 0.3) is 0 Å². The van der Waals surface area contributed by atoms with Crippen molar-refractivity contribution in [3.63, 3.8) is 0 Å². The lowest BCUT2D eigenvalue weighted by Crippen LogP contribution is -1.97. The van der Waals surface area contributed by atoms with Gasteiger partial charge in [0.15, 0.2) is 6.29 Å². The van der Waals surface area contributed by atoms with E-state index in [1.54, 1.807) is 12.3 Å². The van der Waals surface area contributed by atoms with Crippen LogP contribution in [0.4, 0.5) is 0 Å². The van der Waals surface area contributed by atoms with Gasteiger partial charge in [-0.2, -0.15) is 0 Å². The number of aromatic nitrogens is 2. The first-order chi connectivity index (χ1) is 9.28. The normalized spacial score (nSPS) is 10.8. The maximum absolute atomic E-state index is 11.0. The van der Waals surface area contributed by atoms with Crippen LogP contribution in [0.2, 0.25) is 0 Å². The molecule has 1 aromatic carbocycles. The Hall–Kier alpha value is -1.94. The number of aldehydes is 1. The summed E-state index contributed by atoms with van der Waals surface area (Å²) in [6, 6.07) is 11.8. The van der Waals surface area contributed by atoms with E-state index >= 15 is 0 Å². The summed E-state index contributed by atoms with van der Waals surface area (Å²) < 4.78 is 3.02. The number of benzene rings is 1. The van der Waals surface area contributed by atoms with Crippen molar-refractivity contribution in [2.24, 2.45) is 0 Å². The zero-order valence-corrected chi connectivity index (χ0v) is 11.7. The highest BCUT2D eigenvalue weighted by Gasteiger charge is 2.07. The first-order valence-corrected chi connectivity index (χ1v) is 6.72. The van der Waals surface area contributed by atoms with Crippen LogP contribution in [0.15, 0.2) is 53.3 Å². The van der Waals surface area contributed by atoms with Crippen molar-refractivity contribution < 1.29 is 4.79 Å². The van der Waals surface area contributed by atoms with Crippen molar-refractivity contribution >= 4 is 27.7 Å². The third-order valence-electron chi connectivity index (χ3n) is 3.06. The SMILES string of the molecule is O=Cc1cccn2c(Cc3cccc(Br)c3)ncc12. The first kappa shape index (κ1) is 12.1. The van der Waals surface area contributed by atoms with Gasteiger partial charge >= 0.3 is 0 Å². The van der Waals surface area contributed by atoms with E-state index in [4.69, 9.17) is 0 Å². The molecule has 0 bridgehead atoms. The molecule has 4 heteroatoms. The number of imidazole rings is 1. The van der Waals surface area contributed by atoms with E-state index in [2.05, 4.69) is 33.0 Å². The van der Waals surface area contributed by atoms with Crippen LogP contribution in [-0.4, -0.2) is 15.7 Å². The molecule has 0 unspecified atom stereocenters. The van der Waals surface area contributed by atoms with Gasteiger partial charge in [-0.1, -0.05) is 28.1 Å². The van der Waals surface area contributed by atoms with Gasteiger partial charge in [0.1, 0.15) is 5.82 Å². The second kappa shape index (κ2) is 4.97. The van der Waals surface area contributed by atoms with E-state index in [1.165, 1.54) is 5.56 Å². The topological polar surface area (TPSA) is 34.4 Å². The third kappa shape index (κ3) is 2.31. The van der Waals surface area contributed by atoms with Crippen molar-refractivity contribution in [3.05, 3.63) is 70.2 Å². The van der Waals surface area contributed by atoms with Crippen molar-refractivity contribution in [1.29, 1.82) is 0 Å². The number of fused-ring (bicyclic) bond motifs is 1.